The summed E-state index contributed by atoms with van der Waals surface area (Å²) in [5.41, 5.74) is 1.09. The topological polar surface area (TPSA) is 75.2 Å². The maximum absolute atomic E-state index is 11.7. The Morgan fingerprint density at radius 1 is 1.15 bits per heavy atom. The van der Waals surface area contributed by atoms with E-state index in [4.69, 9.17) is 9.47 Å². The second-order valence-corrected chi connectivity index (χ2v) is 6.06. The lowest BCUT2D eigenvalue weighted by molar-refractivity contribution is -0.127. The van der Waals surface area contributed by atoms with Gasteiger partial charge in [-0.15, -0.1) is 24.0 Å². The number of hydrogen-bond acceptors (Lipinski definition) is 4. The van der Waals surface area contributed by atoms with Crippen LogP contribution >= 0.6 is 24.0 Å². The summed E-state index contributed by atoms with van der Waals surface area (Å²) in [4.78, 5) is 17.5. The van der Waals surface area contributed by atoms with E-state index in [-0.39, 0.29) is 36.4 Å². The zero-order valence-electron chi connectivity index (χ0n) is 16.8. The molecular weight excluding hydrogens is 459 g/mol. The summed E-state index contributed by atoms with van der Waals surface area (Å²) in [5.74, 6) is 1.45. The van der Waals surface area contributed by atoms with Crippen LogP contribution in [0.3, 0.4) is 0 Å². The predicted molar refractivity (Wildman–Crippen MR) is 120 cm³/mol. The molecule has 154 valence electrons. The Labute approximate surface area is 179 Å². The van der Waals surface area contributed by atoms with Crippen molar-refractivity contribution in [3.8, 4) is 5.75 Å². The van der Waals surface area contributed by atoms with Gasteiger partial charge in [0.1, 0.15) is 12.3 Å². The number of halogens is 1. The minimum Gasteiger partial charge on any atom is -0.497 e. The van der Waals surface area contributed by atoms with E-state index in [1.807, 2.05) is 24.3 Å². The summed E-state index contributed by atoms with van der Waals surface area (Å²) in [6.45, 7) is 4.79. The average molecular weight is 492 g/mol. The molecule has 27 heavy (non-hydrogen) atoms. The summed E-state index contributed by atoms with van der Waals surface area (Å²) in [5, 5.41) is 6.44. The van der Waals surface area contributed by atoms with Crippen LogP contribution in [-0.2, 0) is 16.1 Å². The Bertz CT molecular complexity index is 550. The van der Waals surface area contributed by atoms with Crippen molar-refractivity contribution in [1.82, 2.24) is 15.5 Å². The SMILES string of the molecule is CCCCNC(=NCC(=O)N(C)C)NCCOCc1ccc(OC)cc1.I. The molecule has 0 aromatic heterocycles. The van der Waals surface area contributed by atoms with E-state index in [2.05, 4.69) is 22.5 Å². The van der Waals surface area contributed by atoms with Gasteiger partial charge in [0.05, 0.1) is 20.3 Å². The third-order valence-electron chi connectivity index (χ3n) is 3.66. The number of methoxy groups -OCH3 is 1. The largest absolute Gasteiger partial charge is 0.497 e. The first-order valence-corrected chi connectivity index (χ1v) is 8.99. The van der Waals surface area contributed by atoms with Crippen LogP contribution in [0, 0.1) is 0 Å². The number of carbonyl (C=O) groups is 1. The van der Waals surface area contributed by atoms with Gasteiger partial charge in [0.15, 0.2) is 5.96 Å². The minimum absolute atomic E-state index is 0. The number of likely N-dealkylation sites (N-methyl/N-ethyl adjacent to an activating group) is 1. The fourth-order valence-electron chi connectivity index (χ4n) is 2.00. The first kappa shape index (κ1) is 25.4. The summed E-state index contributed by atoms with van der Waals surface area (Å²) < 4.78 is 10.8. The van der Waals surface area contributed by atoms with Gasteiger partial charge in [-0.05, 0) is 24.1 Å². The normalized spacial score (nSPS) is 10.7. The van der Waals surface area contributed by atoms with Gasteiger partial charge in [0.2, 0.25) is 5.91 Å². The molecular formula is C19H33IN4O3. The highest BCUT2D eigenvalue weighted by atomic mass is 127. The monoisotopic (exact) mass is 492 g/mol. The van der Waals surface area contributed by atoms with Crippen LogP contribution in [0.5, 0.6) is 5.75 Å². The van der Waals surface area contributed by atoms with Crippen molar-refractivity contribution >= 4 is 35.8 Å². The van der Waals surface area contributed by atoms with E-state index in [9.17, 15) is 4.79 Å². The number of unbranched alkanes of at least 4 members (excludes halogenated alkanes) is 1. The summed E-state index contributed by atoms with van der Waals surface area (Å²) in [7, 11) is 5.10. The maximum Gasteiger partial charge on any atom is 0.243 e. The second kappa shape index (κ2) is 15.5. The van der Waals surface area contributed by atoms with Crippen molar-refractivity contribution in [2.75, 3.05) is 47.4 Å². The van der Waals surface area contributed by atoms with Crippen LogP contribution in [0.1, 0.15) is 25.3 Å². The molecule has 0 aliphatic rings. The number of carbonyl (C=O) groups excluding carboxylic acids is 1. The van der Waals surface area contributed by atoms with Crippen molar-refractivity contribution in [3.05, 3.63) is 29.8 Å². The molecule has 0 saturated heterocycles. The van der Waals surface area contributed by atoms with E-state index in [0.717, 1.165) is 30.7 Å². The number of guanidine groups is 1. The van der Waals surface area contributed by atoms with Gasteiger partial charge in [-0.3, -0.25) is 4.79 Å². The molecule has 0 radical (unpaired) electrons. The zero-order chi connectivity index (χ0) is 19.2. The number of nitrogens with zero attached hydrogens (tertiary/aromatic N) is 2. The first-order chi connectivity index (χ1) is 12.6. The summed E-state index contributed by atoms with van der Waals surface area (Å²) in [6, 6.07) is 7.80. The Kier molecular flexibility index (Phi) is 14.6. The van der Waals surface area contributed by atoms with Crippen molar-refractivity contribution in [1.29, 1.82) is 0 Å². The molecule has 1 amide bonds. The average Bonchev–Trinajstić information content (AvgIpc) is 2.65. The number of ether oxygens (including phenoxy) is 2. The van der Waals surface area contributed by atoms with Gasteiger partial charge in [0.25, 0.3) is 0 Å². The highest BCUT2D eigenvalue weighted by Gasteiger charge is 2.04. The third kappa shape index (κ3) is 11.7. The van der Waals surface area contributed by atoms with Crippen molar-refractivity contribution in [2.24, 2.45) is 4.99 Å². The maximum atomic E-state index is 11.7. The van der Waals surface area contributed by atoms with Gasteiger partial charge >= 0.3 is 0 Å². The molecule has 0 fully saturated rings. The lowest BCUT2D eigenvalue weighted by atomic mass is 10.2. The molecule has 0 unspecified atom stereocenters. The van der Waals surface area contributed by atoms with Crippen LogP contribution in [0.25, 0.3) is 0 Å². The zero-order valence-corrected chi connectivity index (χ0v) is 19.1. The number of nitrogens with one attached hydrogen (secondary N) is 2. The molecule has 1 rings (SSSR count). The van der Waals surface area contributed by atoms with E-state index >= 15 is 0 Å². The third-order valence-corrected chi connectivity index (χ3v) is 3.66. The fraction of sp³-hybridized carbons (Fsp3) is 0.579. The van der Waals surface area contributed by atoms with Gasteiger partial charge < -0.3 is 25.0 Å². The van der Waals surface area contributed by atoms with E-state index in [1.165, 1.54) is 4.90 Å². The smallest absolute Gasteiger partial charge is 0.243 e. The van der Waals surface area contributed by atoms with Crippen LogP contribution in [0.4, 0.5) is 0 Å². The molecule has 0 atom stereocenters. The molecule has 0 bridgehead atoms. The molecule has 7 nitrogen and oxygen atoms in total. The summed E-state index contributed by atoms with van der Waals surface area (Å²) >= 11 is 0. The molecule has 0 aliphatic carbocycles. The first-order valence-electron chi connectivity index (χ1n) is 8.99. The number of benzene rings is 1. The van der Waals surface area contributed by atoms with Gasteiger partial charge in [-0.2, -0.15) is 0 Å². The van der Waals surface area contributed by atoms with E-state index in [1.54, 1.807) is 21.2 Å². The molecule has 1 aromatic carbocycles. The molecule has 0 heterocycles. The quantitative estimate of drug-likeness (QED) is 0.215. The molecule has 8 heteroatoms. The number of hydrogen-bond donors (Lipinski definition) is 2. The predicted octanol–water partition coefficient (Wildman–Crippen LogP) is 2.25. The summed E-state index contributed by atoms with van der Waals surface area (Å²) in [6.07, 6.45) is 2.15. The van der Waals surface area contributed by atoms with Crippen molar-refractivity contribution < 1.29 is 14.3 Å². The Hall–Kier alpha value is -1.55. The molecule has 0 spiro atoms. The second-order valence-electron chi connectivity index (χ2n) is 6.06. The lowest BCUT2D eigenvalue weighted by Gasteiger charge is -2.14. The van der Waals surface area contributed by atoms with E-state index < -0.39 is 0 Å². The fourth-order valence-corrected chi connectivity index (χ4v) is 2.00. The van der Waals surface area contributed by atoms with Gasteiger partial charge in [-0.25, -0.2) is 4.99 Å². The van der Waals surface area contributed by atoms with Crippen LogP contribution in [0.2, 0.25) is 0 Å². The standard InChI is InChI=1S/C19H32N4O3.HI/c1-5-6-11-20-19(22-14-18(24)23(2)3)21-12-13-26-15-16-7-9-17(25-4)10-8-16;/h7-10H,5-6,11-15H2,1-4H3,(H2,20,21,22);1H. The van der Waals surface area contributed by atoms with Gasteiger partial charge in [-0.1, -0.05) is 25.5 Å². The molecule has 1 aromatic rings. The van der Waals surface area contributed by atoms with Gasteiger partial charge in [0, 0.05) is 27.2 Å². The van der Waals surface area contributed by atoms with Crippen LogP contribution < -0.4 is 15.4 Å². The lowest BCUT2D eigenvalue weighted by Crippen LogP contribution is -2.40. The Morgan fingerprint density at radius 3 is 2.41 bits per heavy atom. The molecule has 2 N–H and O–H groups in total. The van der Waals surface area contributed by atoms with Crippen molar-refractivity contribution in [3.63, 3.8) is 0 Å². The van der Waals surface area contributed by atoms with Crippen LogP contribution in [0.15, 0.2) is 29.3 Å². The molecule has 0 saturated carbocycles. The number of rotatable bonds is 11. The van der Waals surface area contributed by atoms with E-state index in [0.29, 0.717) is 25.7 Å². The minimum atomic E-state index is -0.0302. The highest BCUT2D eigenvalue weighted by molar-refractivity contribution is 14.0. The van der Waals surface area contributed by atoms with Crippen molar-refractivity contribution in [2.45, 2.75) is 26.4 Å². The number of amides is 1. The Balaban J connectivity index is 0.00000676. The highest BCUT2D eigenvalue weighted by Crippen LogP contribution is 2.11. The Morgan fingerprint density at radius 2 is 1.81 bits per heavy atom. The van der Waals surface area contributed by atoms with Crippen LogP contribution in [-0.4, -0.2) is 64.2 Å². The number of aliphatic imine (C=N–C) groups is 1. The molecule has 0 aliphatic heterocycles.